The molecule has 2 atom stereocenters. The van der Waals surface area contributed by atoms with Crippen LogP contribution in [0, 0.1) is 17.0 Å². The molecule has 4 rings (SSSR count). The third-order valence-electron chi connectivity index (χ3n) is 5.48. The highest BCUT2D eigenvalue weighted by Crippen LogP contribution is 2.29. The van der Waals surface area contributed by atoms with Crippen LogP contribution in [0.25, 0.3) is 0 Å². The van der Waals surface area contributed by atoms with Gasteiger partial charge in [0.2, 0.25) is 0 Å². The highest BCUT2D eigenvalue weighted by molar-refractivity contribution is 5.94. The lowest BCUT2D eigenvalue weighted by molar-refractivity contribution is -0.384. The molecular weight excluding hydrogens is 386 g/mol. The van der Waals surface area contributed by atoms with E-state index in [0.717, 1.165) is 36.0 Å². The molecule has 0 aliphatic carbocycles. The first kappa shape index (κ1) is 20.2. The van der Waals surface area contributed by atoms with E-state index in [-0.39, 0.29) is 23.8 Å². The van der Waals surface area contributed by atoms with Crippen LogP contribution in [0.1, 0.15) is 41.3 Å². The van der Waals surface area contributed by atoms with Crippen molar-refractivity contribution in [2.75, 3.05) is 24.5 Å². The molecule has 2 aliphatic heterocycles. The number of ether oxygens (including phenoxy) is 1. The lowest BCUT2D eigenvalue weighted by atomic mass is 10.0. The van der Waals surface area contributed by atoms with E-state index >= 15 is 0 Å². The van der Waals surface area contributed by atoms with Crippen molar-refractivity contribution in [1.29, 1.82) is 0 Å². The first-order valence-electron chi connectivity index (χ1n) is 10.1. The van der Waals surface area contributed by atoms with Crippen molar-refractivity contribution in [2.24, 2.45) is 0 Å². The van der Waals surface area contributed by atoms with Gasteiger partial charge in [0.15, 0.2) is 0 Å². The van der Waals surface area contributed by atoms with Crippen LogP contribution in [0.5, 0.6) is 0 Å². The zero-order valence-electron chi connectivity index (χ0n) is 17.4. The van der Waals surface area contributed by atoms with Gasteiger partial charge in [-0.3, -0.25) is 14.9 Å². The highest BCUT2D eigenvalue weighted by Gasteiger charge is 2.31. The number of nitrogens with zero attached hydrogens (tertiary/aromatic N) is 5. The number of amides is 1. The number of morpholine rings is 1. The molecule has 9 nitrogen and oxygen atoms in total. The minimum absolute atomic E-state index is 0.0303. The van der Waals surface area contributed by atoms with Crippen LogP contribution < -0.4 is 4.90 Å². The van der Waals surface area contributed by atoms with Gasteiger partial charge in [0.1, 0.15) is 11.6 Å². The second-order valence-electron chi connectivity index (χ2n) is 7.96. The Labute approximate surface area is 174 Å². The summed E-state index contributed by atoms with van der Waals surface area (Å²) in [6, 6.07) is 5.74. The topological polar surface area (TPSA) is 102 Å². The largest absolute Gasteiger partial charge is 0.372 e. The number of anilines is 1. The summed E-state index contributed by atoms with van der Waals surface area (Å²) in [5, 5.41) is 10.9. The summed E-state index contributed by atoms with van der Waals surface area (Å²) >= 11 is 0. The zero-order chi connectivity index (χ0) is 21.4. The number of nitro benzene ring substituents is 1. The van der Waals surface area contributed by atoms with Crippen LogP contribution in [0.15, 0.2) is 24.3 Å². The number of aromatic nitrogens is 2. The molecule has 2 aliphatic rings. The number of hydrogen-bond acceptors (Lipinski definition) is 7. The molecule has 158 valence electrons. The molecule has 3 heterocycles. The zero-order valence-corrected chi connectivity index (χ0v) is 17.4. The number of carbonyl (C=O) groups excluding carboxylic acids is 1. The van der Waals surface area contributed by atoms with Crippen molar-refractivity contribution < 1.29 is 14.5 Å². The van der Waals surface area contributed by atoms with Crippen LogP contribution in [-0.2, 0) is 17.7 Å². The second-order valence-corrected chi connectivity index (χ2v) is 7.96. The van der Waals surface area contributed by atoms with Gasteiger partial charge >= 0.3 is 0 Å². The van der Waals surface area contributed by atoms with Crippen molar-refractivity contribution >= 4 is 17.4 Å². The molecule has 0 bridgehead atoms. The summed E-state index contributed by atoms with van der Waals surface area (Å²) < 4.78 is 5.86. The number of nitro groups is 1. The highest BCUT2D eigenvalue weighted by atomic mass is 16.6. The molecule has 1 aromatic heterocycles. The lowest BCUT2D eigenvalue weighted by Crippen LogP contribution is -2.47. The summed E-state index contributed by atoms with van der Waals surface area (Å²) in [6.07, 6.45) is 0.849. The van der Waals surface area contributed by atoms with Gasteiger partial charge in [-0.25, -0.2) is 9.97 Å². The maximum atomic E-state index is 13.0. The van der Waals surface area contributed by atoms with E-state index in [1.54, 1.807) is 4.90 Å². The first-order chi connectivity index (χ1) is 14.3. The Morgan fingerprint density at radius 2 is 1.83 bits per heavy atom. The Morgan fingerprint density at radius 3 is 2.47 bits per heavy atom. The van der Waals surface area contributed by atoms with E-state index < -0.39 is 4.92 Å². The second kappa shape index (κ2) is 7.98. The molecule has 0 N–H and O–H groups in total. The van der Waals surface area contributed by atoms with Crippen molar-refractivity contribution in [3.05, 3.63) is 57.0 Å². The number of hydrogen-bond donors (Lipinski definition) is 0. The summed E-state index contributed by atoms with van der Waals surface area (Å²) in [5.74, 6) is 1.46. The smallest absolute Gasteiger partial charge is 0.269 e. The molecule has 1 saturated heterocycles. The quantitative estimate of drug-likeness (QED) is 0.565. The molecule has 0 radical (unpaired) electrons. The number of carbonyl (C=O) groups is 1. The predicted octanol–water partition coefficient (Wildman–Crippen LogP) is 2.51. The standard InChI is InChI=1S/C21H25N5O4/c1-13-10-25(11-14(2)30-13)20-18-12-24(9-8-19(18)22-15(3)23-20)21(27)16-4-6-17(7-5-16)26(28)29/h4-7,13-14H,8-12H2,1-3H3. The van der Waals surface area contributed by atoms with Gasteiger partial charge in [-0.1, -0.05) is 0 Å². The predicted molar refractivity (Wildman–Crippen MR) is 111 cm³/mol. The van der Waals surface area contributed by atoms with Crippen LogP contribution in [0.2, 0.25) is 0 Å². The normalized spacial score (nSPS) is 21.3. The summed E-state index contributed by atoms with van der Waals surface area (Å²) in [7, 11) is 0. The molecule has 2 aromatic rings. The summed E-state index contributed by atoms with van der Waals surface area (Å²) in [4.78, 5) is 36.8. The Balaban J connectivity index is 1.61. The number of non-ortho nitro benzene ring substituents is 1. The van der Waals surface area contributed by atoms with Gasteiger partial charge in [-0.15, -0.1) is 0 Å². The fourth-order valence-electron chi connectivity index (χ4n) is 4.21. The van der Waals surface area contributed by atoms with E-state index in [1.165, 1.54) is 24.3 Å². The van der Waals surface area contributed by atoms with Gasteiger partial charge in [-0.05, 0) is 32.9 Å². The molecule has 30 heavy (non-hydrogen) atoms. The molecule has 0 spiro atoms. The van der Waals surface area contributed by atoms with Crippen molar-refractivity contribution in [2.45, 2.75) is 45.9 Å². The SMILES string of the molecule is Cc1nc2c(c(N3CC(C)OC(C)C3)n1)CN(C(=O)c1ccc([N+](=O)[O-])cc1)CC2. The monoisotopic (exact) mass is 411 g/mol. The number of benzene rings is 1. The third kappa shape index (κ3) is 3.97. The molecule has 9 heteroatoms. The average molecular weight is 411 g/mol. The Morgan fingerprint density at radius 1 is 1.17 bits per heavy atom. The summed E-state index contributed by atoms with van der Waals surface area (Å²) in [5.41, 5.74) is 2.37. The van der Waals surface area contributed by atoms with E-state index in [9.17, 15) is 14.9 Å². The maximum absolute atomic E-state index is 13.0. The van der Waals surface area contributed by atoms with Crippen molar-refractivity contribution in [1.82, 2.24) is 14.9 Å². The fourth-order valence-corrected chi connectivity index (χ4v) is 4.21. The number of fused-ring (bicyclic) bond motifs is 1. The molecule has 1 fully saturated rings. The molecule has 0 saturated carbocycles. The molecule has 1 amide bonds. The van der Waals surface area contributed by atoms with Crippen molar-refractivity contribution in [3.63, 3.8) is 0 Å². The van der Waals surface area contributed by atoms with E-state index in [0.29, 0.717) is 25.1 Å². The molecule has 2 unspecified atom stereocenters. The first-order valence-corrected chi connectivity index (χ1v) is 10.1. The summed E-state index contributed by atoms with van der Waals surface area (Å²) in [6.45, 7) is 8.44. The van der Waals surface area contributed by atoms with E-state index in [2.05, 4.69) is 9.88 Å². The Hall–Kier alpha value is -3.07. The van der Waals surface area contributed by atoms with Crippen LogP contribution in [0.4, 0.5) is 11.5 Å². The Bertz CT molecular complexity index is 968. The molecule has 1 aromatic carbocycles. The van der Waals surface area contributed by atoms with Crippen LogP contribution in [0.3, 0.4) is 0 Å². The number of rotatable bonds is 3. The minimum atomic E-state index is -0.471. The van der Waals surface area contributed by atoms with Crippen LogP contribution >= 0.6 is 0 Å². The van der Waals surface area contributed by atoms with E-state index in [1.807, 2.05) is 20.8 Å². The van der Waals surface area contributed by atoms with Gasteiger partial charge in [0, 0.05) is 49.3 Å². The van der Waals surface area contributed by atoms with Gasteiger partial charge in [-0.2, -0.15) is 0 Å². The van der Waals surface area contributed by atoms with E-state index in [4.69, 9.17) is 9.72 Å². The fraction of sp³-hybridized carbons (Fsp3) is 0.476. The Kier molecular flexibility index (Phi) is 5.38. The maximum Gasteiger partial charge on any atom is 0.269 e. The number of aryl methyl sites for hydroxylation is 1. The van der Waals surface area contributed by atoms with Gasteiger partial charge in [0.05, 0.1) is 29.4 Å². The molecular formula is C21H25N5O4. The van der Waals surface area contributed by atoms with Crippen LogP contribution in [-0.4, -0.2) is 57.5 Å². The third-order valence-corrected chi connectivity index (χ3v) is 5.48. The average Bonchev–Trinajstić information content (AvgIpc) is 2.71. The van der Waals surface area contributed by atoms with Gasteiger partial charge in [0.25, 0.3) is 11.6 Å². The lowest BCUT2D eigenvalue weighted by Gasteiger charge is -2.38. The minimum Gasteiger partial charge on any atom is -0.372 e. The van der Waals surface area contributed by atoms with Gasteiger partial charge < -0.3 is 14.5 Å². The van der Waals surface area contributed by atoms with Crippen molar-refractivity contribution in [3.8, 4) is 0 Å².